The zero-order valence-corrected chi connectivity index (χ0v) is 15.9. The van der Waals surface area contributed by atoms with Crippen LogP contribution in [0.2, 0.25) is 0 Å². The van der Waals surface area contributed by atoms with E-state index < -0.39 is 6.10 Å². The van der Waals surface area contributed by atoms with Gasteiger partial charge in [-0.05, 0) is 32.0 Å². The maximum absolute atomic E-state index is 10.4. The number of aliphatic hydroxyl groups excluding tert-OH is 1. The van der Waals surface area contributed by atoms with E-state index in [1.807, 2.05) is 18.3 Å². The van der Waals surface area contributed by atoms with Gasteiger partial charge in [-0.2, -0.15) is 5.10 Å². The van der Waals surface area contributed by atoms with Crippen molar-refractivity contribution in [3.63, 3.8) is 0 Å². The van der Waals surface area contributed by atoms with Gasteiger partial charge in [0.25, 0.3) is 0 Å². The third-order valence-corrected chi connectivity index (χ3v) is 5.59. The van der Waals surface area contributed by atoms with E-state index in [9.17, 15) is 5.11 Å². The minimum atomic E-state index is -0.445. The van der Waals surface area contributed by atoms with Gasteiger partial charge in [-0.1, -0.05) is 24.6 Å². The highest BCUT2D eigenvalue weighted by molar-refractivity contribution is 5.33. The summed E-state index contributed by atoms with van der Waals surface area (Å²) >= 11 is 0. The molecule has 4 rings (SSSR count). The Labute approximate surface area is 161 Å². The van der Waals surface area contributed by atoms with Crippen LogP contribution in [-0.2, 0) is 19.5 Å². The number of fused-ring (bicyclic) bond motifs is 1. The Kier molecular flexibility index (Phi) is 6.07. The lowest BCUT2D eigenvalue weighted by atomic mass is 10.1. The van der Waals surface area contributed by atoms with Crippen LogP contribution in [0, 0.1) is 0 Å². The first-order valence-corrected chi connectivity index (χ1v) is 10.1. The average Bonchev–Trinajstić information content (AvgIpc) is 3.16. The van der Waals surface area contributed by atoms with E-state index in [4.69, 9.17) is 4.74 Å². The fourth-order valence-corrected chi connectivity index (χ4v) is 4.11. The molecule has 1 fully saturated rings. The molecule has 2 aromatic rings. The molecule has 27 heavy (non-hydrogen) atoms. The summed E-state index contributed by atoms with van der Waals surface area (Å²) in [5.41, 5.74) is 3.72. The zero-order chi connectivity index (χ0) is 18.5. The van der Waals surface area contributed by atoms with Crippen molar-refractivity contribution in [3.05, 3.63) is 47.3 Å². The minimum Gasteiger partial charge on any atom is -0.491 e. The standard InChI is InChI=1S/C21H30N4O2/c26-19(15-24-9-4-1-5-10-24)16-27-21-7-3-2-6-17(21)13-25-11-8-20-18(14-25)12-22-23-20/h2-3,6-7,12,19,26H,1,4-5,8-11,13-16H2,(H,22,23)/t19-/m1/s1. The molecule has 0 saturated carbocycles. The Morgan fingerprint density at radius 2 is 1.96 bits per heavy atom. The molecule has 0 unspecified atom stereocenters. The Morgan fingerprint density at radius 1 is 1.11 bits per heavy atom. The van der Waals surface area contributed by atoms with Crippen molar-refractivity contribution in [1.29, 1.82) is 0 Å². The minimum absolute atomic E-state index is 0.347. The van der Waals surface area contributed by atoms with Crippen LogP contribution in [0.1, 0.15) is 36.1 Å². The average molecular weight is 370 g/mol. The number of hydrogen-bond acceptors (Lipinski definition) is 5. The second-order valence-corrected chi connectivity index (χ2v) is 7.77. The van der Waals surface area contributed by atoms with Crippen LogP contribution in [0.3, 0.4) is 0 Å². The predicted octanol–water partition coefficient (Wildman–Crippen LogP) is 2.19. The maximum Gasteiger partial charge on any atom is 0.123 e. The second-order valence-electron chi connectivity index (χ2n) is 7.77. The van der Waals surface area contributed by atoms with Crippen LogP contribution in [0.25, 0.3) is 0 Å². The number of piperidine rings is 1. The molecule has 0 bridgehead atoms. The topological polar surface area (TPSA) is 64.6 Å². The van der Waals surface area contributed by atoms with E-state index in [-0.39, 0.29) is 0 Å². The number of para-hydroxylation sites is 1. The molecule has 1 aromatic carbocycles. The number of nitrogens with zero attached hydrogens (tertiary/aromatic N) is 3. The van der Waals surface area contributed by atoms with E-state index >= 15 is 0 Å². The normalized spacial score (nSPS) is 19.6. The third-order valence-electron chi connectivity index (χ3n) is 5.59. The van der Waals surface area contributed by atoms with Gasteiger partial charge in [-0.3, -0.25) is 10.00 Å². The number of H-pyrrole nitrogens is 1. The quantitative estimate of drug-likeness (QED) is 0.782. The number of β-amino-alcohol motifs (C(OH)–C–C–N with tert-alkyl or cyclic N) is 1. The highest BCUT2D eigenvalue weighted by atomic mass is 16.5. The van der Waals surface area contributed by atoms with Crippen molar-refractivity contribution >= 4 is 0 Å². The predicted molar refractivity (Wildman–Crippen MR) is 105 cm³/mol. The summed E-state index contributed by atoms with van der Waals surface area (Å²) in [6.07, 6.45) is 6.29. The number of ether oxygens (including phenoxy) is 1. The molecule has 2 N–H and O–H groups in total. The lowest BCUT2D eigenvalue weighted by Crippen LogP contribution is -2.38. The van der Waals surface area contributed by atoms with Gasteiger partial charge in [0, 0.05) is 49.4 Å². The van der Waals surface area contributed by atoms with Crippen molar-refractivity contribution in [3.8, 4) is 5.75 Å². The van der Waals surface area contributed by atoms with Gasteiger partial charge in [0.05, 0.1) is 6.20 Å². The Balaban J connectivity index is 1.31. The van der Waals surface area contributed by atoms with Crippen LogP contribution < -0.4 is 4.74 Å². The molecule has 146 valence electrons. The lowest BCUT2D eigenvalue weighted by Gasteiger charge is -2.29. The largest absolute Gasteiger partial charge is 0.491 e. The van der Waals surface area contributed by atoms with E-state index in [0.29, 0.717) is 13.2 Å². The molecule has 6 nitrogen and oxygen atoms in total. The number of hydrogen-bond donors (Lipinski definition) is 2. The van der Waals surface area contributed by atoms with Crippen LogP contribution in [0.4, 0.5) is 0 Å². The molecule has 0 aliphatic carbocycles. The van der Waals surface area contributed by atoms with Crippen LogP contribution >= 0.6 is 0 Å². The summed E-state index contributed by atoms with van der Waals surface area (Å²) in [7, 11) is 0. The highest BCUT2D eigenvalue weighted by Crippen LogP contribution is 2.24. The van der Waals surface area contributed by atoms with Gasteiger partial charge in [-0.25, -0.2) is 0 Å². The third kappa shape index (κ3) is 4.89. The monoisotopic (exact) mass is 370 g/mol. The first-order chi connectivity index (χ1) is 13.3. The number of benzene rings is 1. The van der Waals surface area contributed by atoms with Crippen LogP contribution in [0.15, 0.2) is 30.5 Å². The second kappa shape index (κ2) is 8.87. The van der Waals surface area contributed by atoms with Gasteiger partial charge in [-0.15, -0.1) is 0 Å². The summed E-state index contributed by atoms with van der Waals surface area (Å²) in [4.78, 5) is 4.77. The zero-order valence-electron chi connectivity index (χ0n) is 15.9. The van der Waals surface area contributed by atoms with Crippen molar-refractivity contribution in [2.24, 2.45) is 0 Å². The van der Waals surface area contributed by atoms with Gasteiger partial charge in [0.15, 0.2) is 0 Å². The van der Waals surface area contributed by atoms with Crippen molar-refractivity contribution in [1.82, 2.24) is 20.0 Å². The van der Waals surface area contributed by atoms with Gasteiger partial charge < -0.3 is 14.7 Å². The molecule has 0 spiro atoms. The molecule has 3 heterocycles. The van der Waals surface area contributed by atoms with E-state index in [0.717, 1.165) is 44.9 Å². The van der Waals surface area contributed by atoms with E-state index in [2.05, 4.69) is 32.1 Å². The number of aromatic nitrogens is 2. The number of likely N-dealkylation sites (tertiary alicyclic amines) is 1. The summed E-state index contributed by atoms with van der Waals surface area (Å²) in [5.74, 6) is 0.883. The highest BCUT2D eigenvalue weighted by Gasteiger charge is 2.20. The molecule has 6 heteroatoms. The summed E-state index contributed by atoms with van der Waals surface area (Å²) in [6, 6.07) is 8.19. The van der Waals surface area contributed by atoms with Crippen molar-refractivity contribution in [2.45, 2.75) is 44.9 Å². The van der Waals surface area contributed by atoms with Crippen LogP contribution in [0.5, 0.6) is 5.75 Å². The first kappa shape index (κ1) is 18.5. The molecule has 2 aliphatic heterocycles. The number of rotatable bonds is 7. The summed E-state index contributed by atoms with van der Waals surface area (Å²) in [5, 5.41) is 17.6. The Bertz CT molecular complexity index is 726. The fraction of sp³-hybridized carbons (Fsp3) is 0.571. The smallest absolute Gasteiger partial charge is 0.123 e. The fourth-order valence-electron chi connectivity index (χ4n) is 4.11. The van der Waals surface area contributed by atoms with E-state index in [1.165, 1.54) is 36.1 Å². The number of aromatic amines is 1. The first-order valence-electron chi connectivity index (χ1n) is 10.1. The van der Waals surface area contributed by atoms with E-state index in [1.54, 1.807) is 0 Å². The molecule has 1 aromatic heterocycles. The van der Waals surface area contributed by atoms with Crippen molar-refractivity contribution in [2.75, 3.05) is 32.8 Å². The molecular weight excluding hydrogens is 340 g/mol. The number of aliphatic hydroxyl groups is 1. The summed E-state index contributed by atoms with van der Waals surface area (Å²) < 4.78 is 6.01. The van der Waals surface area contributed by atoms with Crippen LogP contribution in [-0.4, -0.2) is 64.0 Å². The van der Waals surface area contributed by atoms with Gasteiger partial charge in [0.2, 0.25) is 0 Å². The number of nitrogens with one attached hydrogen (secondary N) is 1. The summed E-state index contributed by atoms with van der Waals surface area (Å²) in [6.45, 7) is 6.02. The molecule has 1 atom stereocenters. The Hall–Kier alpha value is -1.89. The molecule has 2 aliphatic rings. The van der Waals surface area contributed by atoms with Gasteiger partial charge in [0.1, 0.15) is 18.5 Å². The lowest BCUT2D eigenvalue weighted by molar-refractivity contribution is 0.0611. The SMILES string of the molecule is O[C@@H](COc1ccccc1CN1CCc2[nH]ncc2C1)CN1CCCCC1. The molecular formula is C21H30N4O2. The molecule has 0 radical (unpaired) electrons. The van der Waals surface area contributed by atoms with Crippen molar-refractivity contribution < 1.29 is 9.84 Å². The Morgan fingerprint density at radius 3 is 2.85 bits per heavy atom. The van der Waals surface area contributed by atoms with Gasteiger partial charge >= 0.3 is 0 Å². The molecule has 0 amide bonds. The maximum atomic E-state index is 10.4. The molecule has 1 saturated heterocycles.